The Morgan fingerprint density at radius 2 is 2.19 bits per heavy atom. The molecule has 0 amide bonds. The van der Waals surface area contributed by atoms with Gasteiger partial charge >= 0.3 is 0 Å². The first-order valence-electron chi connectivity index (χ1n) is 5.96. The second-order valence-corrected chi connectivity index (χ2v) is 4.23. The van der Waals surface area contributed by atoms with Crippen LogP contribution in [0.1, 0.15) is 38.4 Å². The Bertz CT molecular complexity index is 319. The second-order valence-electron chi connectivity index (χ2n) is 4.23. The van der Waals surface area contributed by atoms with Crippen molar-refractivity contribution >= 4 is 0 Å². The number of nitrogens with zero attached hydrogens (tertiary/aromatic N) is 3. The molecule has 1 aromatic rings. The van der Waals surface area contributed by atoms with E-state index in [9.17, 15) is 5.11 Å². The average molecular weight is 225 g/mol. The molecule has 5 heteroatoms. The van der Waals surface area contributed by atoms with Crippen molar-refractivity contribution in [3.05, 3.63) is 12.2 Å². The summed E-state index contributed by atoms with van der Waals surface area (Å²) in [6.45, 7) is 3.38. The van der Waals surface area contributed by atoms with Crippen molar-refractivity contribution in [3.63, 3.8) is 0 Å². The van der Waals surface area contributed by atoms with Crippen LogP contribution in [-0.4, -0.2) is 32.1 Å². The van der Waals surface area contributed by atoms with E-state index in [-0.39, 0.29) is 12.2 Å². The van der Waals surface area contributed by atoms with E-state index in [1.165, 1.54) is 0 Å². The minimum Gasteiger partial charge on any atom is -0.393 e. The Morgan fingerprint density at radius 1 is 1.44 bits per heavy atom. The minimum absolute atomic E-state index is 0.126. The Hall–Kier alpha value is -0.940. The van der Waals surface area contributed by atoms with Crippen molar-refractivity contribution in [2.24, 2.45) is 0 Å². The summed E-state index contributed by atoms with van der Waals surface area (Å²) in [5.74, 6) is 0.883. The van der Waals surface area contributed by atoms with Crippen molar-refractivity contribution in [2.75, 3.05) is 0 Å². The van der Waals surface area contributed by atoms with Crippen molar-refractivity contribution in [1.82, 2.24) is 14.8 Å². The average Bonchev–Trinajstić information content (AvgIpc) is 2.76. The van der Waals surface area contributed by atoms with Crippen molar-refractivity contribution in [3.8, 4) is 0 Å². The Kier molecular flexibility index (Phi) is 3.90. The lowest BCUT2D eigenvalue weighted by atomic mass is 9.95. The van der Waals surface area contributed by atoms with Gasteiger partial charge in [0.25, 0.3) is 0 Å². The molecule has 0 unspecified atom stereocenters. The van der Waals surface area contributed by atoms with Crippen molar-refractivity contribution in [1.29, 1.82) is 0 Å². The molecule has 0 aromatic carbocycles. The zero-order valence-corrected chi connectivity index (χ0v) is 9.67. The Morgan fingerprint density at radius 3 is 2.88 bits per heavy atom. The van der Waals surface area contributed by atoms with E-state index in [1.54, 1.807) is 6.33 Å². The molecule has 0 radical (unpaired) electrons. The van der Waals surface area contributed by atoms with Gasteiger partial charge in [-0.05, 0) is 32.6 Å². The maximum Gasteiger partial charge on any atom is 0.152 e. The van der Waals surface area contributed by atoms with Crippen LogP contribution in [0.15, 0.2) is 6.33 Å². The molecular weight excluding hydrogens is 206 g/mol. The summed E-state index contributed by atoms with van der Waals surface area (Å²) in [4.78, 5) is 4.16. The van der Waals surface area contributed by atoms with E-state index in [0.717, 1.165) is 38.1 Å². The summed E-state index contributed by atoms with van der Waals surface area (Å²) in [5.41, 5.74) is 0. The molecule has 1 N–H and O–H groups in total. The van der Waals surface area contributed by atoms with Gasteiger partial charge in [-0.2, -0.15) is 5.10 Å². The zero-order chi connectivity index (χ0) is 11.4. The minimum atomic E-state index is -0.126. The van der Waals surface area contributed by atoms with E-state index in [4.69, 9.17) is 4.74 Å². The highest BCUT2D eigenvalue weighted by Gasteiger charge is 2.20. The first-order chi connectivity index (χ1) is 7.79. The van der Waals surface area contributed by atoms with Crippen LogP contribution in [0.2, 0.25) is 0 Å². The maximum atomic E-state index is 9.38. The van der Waals surface area contributed by atoms with Crippen LogP contribution < -0.4 is 0 Å². The first-order valence-corrected chi connectivity index (χ1v) is 5.96. The molecule has 1 aromatic heterocycles. The SMILES string of the molecule is CCn1ncnc1COC1CCC(O)CC1. The highest BCUT2D eigenvalue weighted by molar-refractivity contribution is 4.82. The van der Waals surface area contributed by atoms with Gasteiger partial charge < -0.3 is 9.84 Å². The van der Waals surface area contributed by atoms with Crippen molar-refractivity contribution in [2.45, 2.75) is 58.0 Å². The lowest BCUT2D eigenvalue weighted by molar-refractivity contribution is -0.0153. The van der Waals surface area contributed by atoms with Gasteiger partial charge in [0.1, 0.15) is 12.9 Å². The normalized spacial score (nSPS) is 25.9. The summed E-state index contributed by atoms with van der Waals surface area (Å²) in [6, 6.07) is 0. The molecule has 1 fully saturated rings. The molecule has 1 aliphatic rings. The van der Waals surface area contributed by atoms with Crippen LogP contribution in [0, 0.1) is 0 Å². The number of aliphatic hydroxyl groups is 1. The van der Waals surface area contributed by atoms with Gasteiger partial charge in [0.2, 0.25) is 0 Å². The Balaban J connectivity index is 1.79. The largest absolute Gasteiger partial charge is 0.393 e. The molecule has 1 aliphatic carbocycles. The molecule has 0 spiro atoms. The van der Waals surface area contributed by atoms with Gasteiger partial charge in [-0.15, -0.1) is 0 Å². The first kappa shape index (κ1) is 11.5. The fourth-order valence-corrected chi connectivity index (χ4v) is 2.07. The maximum absolute atomic E-state index is 9.38. The van der Waals surface area contributed by atoms with Crippen LogP contribution in [-0.2, 0) is 17.9 Å². The quantitative estimate of drug-likeness (QED) is 0.834. The van der Waals surface area contributed by atoms with E-state index in [1.807, 2.05) is 11.6 Å². The summed E-state index contributed by atoms with van der Waals surface area (Å²) < 4.78 is 7.63. The van der Waals surface area contributed by atoms with Gasteiger partial charge in [-0.3, -0.25) is 0 Å². The summed E-state index contributed by atoms with van der Waals surface area (Å²) >= 11 is 0. The Labute approximate surface area is 95.4 Å². The number of hydrogen-bond acceptors (Lipinski definition) is 4. The highest BCUT2D eigenvalue weighted by atomic mass is 16.5. The fourth-order valence-electron chi connectivity index (χ4n) is 2.07. The van der Waals surface area contributed by atoms with Gasteiger partial charge in [-0.1, -0.05) is 0 Å². The molecule has 0 saturated heterocycles. The molecular formula is C11H19N3O2. The van der Waals surface area contributed by atoms with Gasteiger partial charge in [-0.25, -0.2) is 9.67 Å². The summed E-state index contributed by atoms with van der Waals surface area (Å²) in [5, 5.41) is 13.5. The predicted octanol–water partition coefficient (Wildman–Crippen LogP) is 1.12. The second kappa shape index (κ2) is 5.41. The van der Waals surface area contributed by atoms with E-state index in [2.05, 4.69) is 10.1 Å². The van der Waals surface area contributed by atoms with Crippen LogP contribution in [0.4, 0.5) is 0 Å². The molecule has 1 saturated carbocycles. The lowest BCUT2D eigenvalue weighted by Gasteiger charge is -2.25. The van der Waals surface area contributed by atoms with Crippen LogP contribution in [0.3, 0.4) is 0 Å². The number of hydrogen-bond donors (Lipinski definition) is 1. The number of rotatable bonds is 4. The number of aliphatic hydroxyl groups excluding tert-OH is 1. The van der Waals surface area contributed by atoms with Gasteiger partial charge in [0, 0.05) is 6.54 Å². The van der Waals surface area contributed by atoms with Crippen LogP contribution in [0.25, 0.3) is 0 Å². The third kappa shape index (κ3) is 2.80. The molecule has 1 heterocycles. The zero-order valence-electron chi connectivity index (χ0n) is 9.67. The van der Waals surface area contributed by atoms with Crippen LogP contribution in [0.5, 0.6) is 0 Å². The van der Waals surface area contributed by atoms with E-state index in [0.29, 0.717) is 6.61 Å². The molecule has 0 atom stereocenters. The van der Waals surface area contributed by atoms with E-state index < -0.39 is 0 Å². The molecule has 90 valence electrons. The molecule has 2 rings (SSSR count). The third-order valence-electron chi connectivity index (χ3n) is 3.09. The molecule has 5 nitrogen and oxygen atoms in total. The van der Waals surface area contributed by atoms with E-state index >= 15 is 0 Å². The topological polar surface area (TPSA) is 60.2 Å². The number of ether oxygens (including phenoxy) is 1. The highest BCUT2D eigenvalue weighted by Crippen LogP contribution is 2.21. The number of aromatic nitrogens is 3. The molecule has 0 bridgehead atoms. The van der Waals surface area contributed by atoms with Crippen LogP contribution >= 0.6 is 0 Å². The monoisotopic (exact) mass is 225 g/mol. The summed E-state index contributed by atoms with van der Waals surface area (Å²) in [6.07, 6.45) is 5.30. The fraction of sp³-hybridized carbons (Fsp3) is 0.818. The summed E-state index contributed by atoms with van der Waals surface area (Å²) in [7, 11) is 0. The molecule has 16 heavy (non-hydrogen) atoms. The smallest absolute Gasteiger partial charge is 0.152 e. The van der Waals surface area contributed by atoms with Crippen molar-refractivity contribution < 1.29 is 9.84 Å². The lowest BCUT2D eigenvalue weighted by Crippen LogP contribution is -2.24. The third-order valence-corrected chi connectivity index (χ3v) is 3.09. The standard InChI is InChI=1S/C11H19N3O2/c1-2-14-11(12-8-13-14)7-16-10-5-3-9(15)4-6-10/h8-10,15H,2-7H2,1H3. The van der Waals surface area contributed by atoms with Gasteiger partial charge in [0.15, 0.2) is 5.82 Å². The molecule has 0 aliphatic heterocycles. The number of aryl methyl sites for hydroxylation is 1. The van der Waals surface area contributed by atoms with Gasteiger partial charge in [0.05, 0.1) is 12.2 Å². The predicted molar refractivity (Wildman–Crippen MR) is 58.7 cm³/mol.